The van der Waals surface area contributed by atoms with E-state index < -0.39 is 86.3 Å². The number of ether oxygens (including phenoxy) is 2. The predicted molar refractivity (Wildman–Crippen MR) is 140 cm³/mol. The smallest absolute Gasteiger partial charge is 0.429 e. The van der Waals surface area contributed by atoms with Crippen LogP contribution in [0.1, 0.15) is 42.0 Å². The lowest BCUT2D eigenvalue weighted by Gasteiger charge is -2.20. The molecule has 0 bridgehead atoms. The van der Waals surface area contributed by atoms with Crippen LogP contribution >= 0.6 is 0 Å². The minimum atomic E-state index is -5.30. The van der Waals surface area contributed by atoms with E-state index in [1.54, 1.807) is 0 Å². The third kappa shape index (κ3) is 7.68. The summed E-state index contributed by atoms with van der Waals surface area (Å²) >= 11 is 0. The molecule has 0 N–H and O–H groups in total. The molecule has 0 aliphatic heterocycles. The van der Waals surface area contributed by atoms with Crippen LogP contribution in [0.15, 0.2) is 60.7 Å². The molecule has 0 unspecified atom stereocenters. The fourth-order valence-corrected chi connectivity index (χ4v) is 4.07. The van der Waals surface area contributed by atoms with E-state index in [1.807, 2.05) is 6.92 Å². The van der Waals surface area contributed by atoms with Gasteiger partial charge in [0.2, 0.25) is 0 Å². The molecule has 4 rings (SSSR count). The van der Waals surface area contributed by atoms with Crippen LogP contribution in [0.25, 0.3) is 11.1 Å². The Morgan fingerprint density at radius 1 is 0.644 bits per heavy atom. The first-order chi connectivity index (χ1) is 21.1. The van der Waals surface area contributed by atoms with Crippen molar-refractivity contribution in [3.05, 3.63) is 118 Å². The third-order valence-electron chi connectivity index (χ3n) is 6.21. The topological polar surface area (TPSA) is 18.5 Å². The standard InChI is InChI=1S/C32H19F11O2/c1-2-3-10-44-20-8-9-22(24(34)14-20)32(42,43)45-21-15-25(35)29(26(36)16-21)19-7-6-18(23(33)13-19)5-4-17-11-27(37)30(28(38)12-17)31(39,40)41/h6-9,11-16H,2-3,10H2,1H3. The second-order valence-corrected chi connectivity index (χ2v) is 9.48. The van der Waals surface area contributed by atoms with E-state index in [1.165, 1.54) is 0 Å². The maximum absolute atomic E-state index is 14.9. The minimum Gasteiger partial charge on any atom is -0.493 e. The van der Waals surface area contributed by atoms with Crippen molar-refractivity contribution in [3.63, 3.8) is 0 Å². The Balaban J connectivity index is 1.55. The van der Waals surface area contributed by atoms with E-state index in [0.717, 1.165) is 30.7 Å². The van der Waals surface area contributed by atoms with Crippen LogP contribution in [-0.2, 0) is 12.3 Å². The normalized spacial score (nSPS) is 11.6. The average molecular weight is 644 g/mol. The zero-order valence-corrected chi connectivity index (χ0v) is 22.9. The van der Waals surface area contributed by atoms with Gasteiger partial charge in [0.05, 0.1) is 17.7 Å². The molecule has 0 aromatic heterocycles. The van der Waals surface area contributed by atoms with E-state index in [-0.39, 0.29) is 12.4 Å². The van der Waals surface area contributed by atoms with Gasteiger partial charge in [-0.2, -0.15) is 22.0 Å². The van der Waals surface area contributed by atoms with Gasteiger partial charge in [0.1, 0.15) is 57.5 Å². The van der Waals surface area contributed by atoms with Crippen molar-refractivity contribution in [1.82, 2.24) is 0 Å². The van der Waals surface area contributed by atoms with E-state index in [2.05, 4.69) is 16.6 Å². The first-order valence-electron chi connectivity index (χ1n) is 13.0. The Hall–Kier alpha value is -4.73. The number of alkyl halides is 5. The first-order valence-corrected chi connectivity index (χ1v) is 13.0. The lowest BCUT2D eigenvalue weighted by Crippen LogP contribution is -2.23. The molecule has 0 fully saturated rings. The van der Waals surface area contributed by atoms with Crippen LogP contribution in [0, 0.1) is 46.7 Å². The quantitative estimate of drug-likeness (QED) is 0.108. The molecule has 0 radical (unpaired) electrons. The highest BCUT2D eigenvalue weighted by molar-refractivity contribution is 5.67. The van der Waals surface area contributed by atoms with Crippen molar-refractivity contribution in [2.45, 2.75) is 32.1 Å². The van der Waals surface area contributed by atoms with E-state index in [9.17, 15) is 48.3 Å². The summed E-state index contributed by atoms with van der Waals surface area (Å²) in [7, 11) is 0. The van der Waals surface area contributed by atoms with Gasteiger partial charge in [-0.05, 0) is 48.4 Å². The molecule has 4 aromatic rings. The molecule has 0 amide bonds. The van der Waals surface area contributed by atoms with Gasteiger partial charge in [-0.25, -0.2) is 26.3 Å². The SMILES string of the molecule is CCCCOc1ccc(C(F)(F)Oc2cc(F)c(-c3ccc(C#Cc4cc(F)c(C(F)(F)F)c(F)c4)c(F)c3)c(F)c2)c(F)c1. The number of hydrogen-bond acceptors (Lipinski definition) is 2. The van der Waals surface area contributed by atoms with Crippen LogP contribution < -0.4 is 9.47 Å². The number of rotatable bonds is 8. The Bertz CT molecular complexity index is 1740. The molecule has 2 nitrogen and oxygen atoms in total. The maximum Gasteiger partial charge on any atom is 0.429 e. The van der Waals surface area contributed by atoms with Gasteiger partial charge < -0.3 is 9.47 Å². The summed E-state index contributed by atoms with van der Waals surface area (Å²) < 4.78 is 164. The second-order valence-electron chi connectivity index (χ2n) is 9.48. The fourth-order valence-electron chi connectivity index (χ4n) is 4.07. The Morgan fingerprint density at radius 2 is 1.27 bits per heavy atom. The zero-order chi connectivity index (χ0) is 33.1. The van der Waals surface area contributed by atoms with Gasteiger partial charge in [0, 0.05) is 23.8 Å². The molecule has 236 valence electrons. The van der Waals surface area contributed by atoms with Crippen LogP contribution in [-0.4, -0.2) is 6.61 Å². The first kappa shape index (κ1) is 33.2. The van der Waals surface area contributed by atoms with Crippen molar-refractivity contribution in [2.24, 2.45) is 0 Å². The van der Waals surface area contributed by atoms with Crippen LogP contribution in [0.3, 0.4) is 0 Å². The second kappa shape index (κ2) is 13.1. The summed E-state index contributed by atoms with van der Waals surface area (Å²) in [5.41, 5.74) is -5.62. The molecule has 13 heteroatoms. The van der Waals surface area contributed by atoms with Crippen LogP contribution in [0.5, 0.6) is 11.5 Å². The molecule has 0 aliphatic rings. The molecule has 0 aliphatic carbocycles. The lowest BCUT2D eigenvalue weighted by atomic mass is 10.0. The summed E-state index contributed by atoms with van der Waals surface area (Å²) in [6.07, 6.45) is -8.23. The van der Waals surface area contributed by atoms with Gasteiger partial charge in [-0.1, -0.05) is 31.3 Å². The molecule has 0 saturated carbocycles. The van der Waals surface area contributed by atoms with E-state index in [4.69, 9.17) is 4.74 Å². The predicted octanol–water partition coefficient (Wildman–Crippen LogP) is 9.91. The van der Waals surface area contributed by atoms with Crippen LogP contribution in [0.2, 0.25) is 0 Å². The highest BCUT2D eigenvalue weighted by Gasteiger charge is 2.39. The lowest BCUT2D eigenvalue weighted by molar-refractivity contribution is -0.187. The zero-order valence-electron chi connectivity index (χ0n) is 22.9. The molecule has 0 spiro atoms. The van der Waals surface area contributed by atoms with Crippen LogP contribution in [0.4, 0.5) is 48.3 Å². The van der Waals surface area contributed by atoms with Gasteiger partial charge >= 0.3 is 12.3 Å². The molecular weight excluding hydrogens is 625 g/mol. The monoisotopic (exact) mass is 644 g/mol. The molecule has 0 atom stereocenters. The average Bonchev–Trinajstić information content (AvgIpc) is 2.91. The fraction of sp³-hybridized carbons (Fsp3) is 0.188. The number of unbranched alkanes of at least 4 members (excludes halogenated alkanes) is 1. The summed E-state index contributed by atoms with van der Waals surface area (Å²) in [4.78, 5) is 0. The van der Waals surface area contributed by atoms with Crippen molar-refractivity contribution in [3.8, 4) is 34.5 Å². The minimum absolute atomic E-state index is 0.00597. The molecule has 0 saturated heterocycles. The van der Waals surface area contributed by atoms with E-state index in [0.29, 0.717) is 42.8 Å². The molecule has 45 heavy (non-hydrogen) atoms. The Morgan fingerprint density at radius 3 is 1.82 bits per heavy atom. The number of halogens is 11. The van der Waals surface area contributed by atoms with Gasteiger partial charge in [-0.3, -0.25) is 0 Å². The van der Waals surface area contributed by atoms with Gasteiger partial charge in [0.25, 0.3) is 0 Å². The maximum atomic E-state index is 14.9. The number of hydrogen-bond donors (Lipinski definition) is 0. The molecule has 0 heterocycles. The van der Waals surface area contributed by atoms with Crippen molar-refractivity contribution in [2.75, 3.05) is 6.61 Å². The largest absolute Gasteiger partial charge is 0.493 e. The van der Waals surface area contributed by atoms with Gasteiger partial charge in [0.15, 0.2) is 0 Å². The highest BCUT2D eigenvalue weighted by Crippen LogP contribution is 2.38. The summed E-state index contributed by atoms with van der Waals surface area (Å²) in [6.45, 7) is 2.12. The summed E-state index contributed by atoms with van der Waals surface area (Å²) in [5, 5.41) is 0. The van der Waals surface area contributed by atoms with Crippen molar-refractivity contribution < 1.29 is 57.8 Å². The number of benzene rings is 4. The summed E-state index contributed by atoms with van der Waals surface area (Å²) in [6, 6.07) is 6.39. The van der Waals surface area contributed by atoms with Crippen molar-refractivity contribution >= 4 is 0 Å². The molecule has 4 aromatic carbocycles. The molecular formula is C32H19F11O2. The van der Waals surface area contributed by atoms with Gasteiger partial charge in [-0.15, -0.1) is 0 Å². The Labute approximate surface area is 249 Å². The highest BCUT2D eigenvalue weighted by atomic mass is 19.4. The van der Waals surface area contributed by atoms with Crippen molar-refractivity contribution in [1.29, 1.82) is 0 Å². The Kier molecular flexibility index (Phi) is 9.65. The summed E-state index contributed by atoms with van der Waals surface area (Å²) in [5.74, 6) is -6.11. The van der Waals surface area contributed by atoms with E-state index >= 15 is 0 Å². The third-order valence-corrected chi connectivity index (χ3v) is 6.21.